The van der Waals surface area contributed by atoms with E-state index < -0.39 is 36.3 Å². The smallest absolute Gasteiger partial charge is 0.416 e. The molecule has 5 nitrogen and oxygen atoms in total. The Morgan fingerprint density at radius 2 is 1.86 bits per heavy atom. The van der Waals surface area contributed by atoms with E-state index in [1.165, 1.54) is 7.11 Å². The van der Waals surface area contributed by atoms with E-state index in [2.05, 4.69) is 4.74 Å². The summed E-state index contributed by atoms with van der Waals surface area (Å²) in [7, 11) is 2.27. The molecule has 2 N–H and O–H groups in total. The van der Waals surface area contributed by atoms with Crippen LogP contribution in [0.3, 0.4) is 0 Å². The lowest BCUT2D eigenvalue weighted by atomic mass is 9.99. The normalized spacial score (nSPS) is 14.4. The van der Waals surface area contributed by atoms with Gasteiger partial charge in [-0.3, -0.25) is 4.79 Å². The Balaban J connectivity index is 3.08. The molecule has 0 saturated carbocycles. The number of rotatable bonds is 5. The number of benzene rings is 1. The van der Waals surface area contributed by atoms with Crippen molar-refractivity contribution >= 4 is 5.97 Å². The molecule has 1 aromatic rings. The van der Waals surface area contributed by atoms with Crippen LogP contribution in [-0.2, 0) is 15.7 Å². The van der Waals surface area contributed by atoms with Crippen LogP contribution in [0.15, 0.2) is 18.2 Å². The van der Waals surface area contributed by atoms with Gasteiger partial charge < -0.3 is 19.7 Å². The zero-order valence-electron chi connectivity index (χ0n) is 11.3. The second-order valence-corrected chi connectivity index (χ2v) is 4.29. The van der Waals surface area contributed by atoms with E-state index in [1.807, 2.05) is 0 Å². The lowest BCUT2D eigenvalue weighted by Gasteiger charge is -2.19. The van der Waals surface area contributed by atoms with Gasteiger partial charge >= 0.3 is 12.1 Å². The van der Waals surface area contributed by atoms with Crippen molar-refractivity contribution in [2.45, 2.75) is 24.8 Å². The highest BCUT2D eigenvalue weighted by atomic mass is 19.4. The van der Waals surface area contributed by atoms with Crippen molar-refractivity contribution in [3.05, 3.63) is 29.3 Å². The fourth-order valence-corrected chi connectivity index (χ4v) is 1.66. The molecular weight excluding hydrogens is 293 g/mol. The van der Waals surface area contributed by atoms with Crippen molar-refractivity contribution in [1.82, 2.24) is 0 Å². The van der Waals surface area contributed by atoms with Crippen LogP contribution in [0.5, 0.6) is 5.75 Å². The average Bonchev–Trinajstić information content (AvgIpc) is 2.44. The van der Waals surface area contributed by atoms with Crippen LogP contribution in [0.1, 0.15) is 23.7 Å². The molecule has 8 heteroatoms. The molecule has 0 saturated heterocycles. The predicted molar refractivity (Wildman–Crippen MR) is 65.6 cm³/mol. The Labute approximate surface area is 118 Å². The third-order valence-electron chi connectivity index (χ3n) is 2.80. The fourth-order valence-electron chi connectivity index (χ4n) is 1.66. The summed E-state index contributed by atoms with van der Waals surface area (Å²) in [5, 5.41) is 19.5. The largest absolute Gasteiger partial charge is 0.497 e. The highest BCUT2D eigenvalue weighted by Crippen LogP contribution is 2.34. The minimum absolute atomic E-state index is 0.121. The second kappa shape index (κ2) is 6.77. The third kappa shape index (κ3) is 4.61. The number of carbonyl (C=O) groups excluding carboxylic acids is 1. The van der Waals surface area contributed by atoms with Gasteiger partial charge in [-0.25, -0.2) is 0 Å². The molecule has 0 bridgehead atoms. The van der Waals surface area contributed by atoms with Crippen LogP contribution >= 0.6 is 0 Å². The SMILES string of the molecule is COC(=O)CC(O)C(O)c1cc(OC)cc(C(F)(F)F)c1. The van der Waals surface area contributed by atoms with E-state index >= 15 is 0 Å². The maximum atomic E-state index is 12.7. The summed E-state index contributed by atoms with van der Waals surface area (Å²) in [5.74, 6) is -0.912. The van der Waals surface area contributed by atoms with Crippen molar-refractivity contribution in [3.8, 4) is 5.75 Å². The van der Waals surface area contributed by atoms with Crippen molar-refractivity contribution in [2.75, 3.05) is 14.2 Å². The van der Waals surface area contributed by atoms with Crippen molar-refractivity contribution in [1.29, 1.82) is 0 Å². The van der Waals surface area contributed by atoms with Gasteiger partial charge in [-0.1, -0.05) is 0 Å². The number of carbonyl (C=O) groups is 1. The lowest BCUT2D eigenvalue weighted by Crippen LogP contribution is -2.23. The van der Waals surface area contributed by atoms with Gasteiger partial charge in [-0.05, 0) is 23.8 Å². The molecule has 0 fully saturated rings. The molecule has 0 aliphatic rings. The molecule has 1 rings (SSSR count). The molecule has 1 aromatic carbocycles. The highest BCUT2D eigenvalue weighted by Gasteiger charge is 2.33. The van der Waals surface area contributed by atoms with Gasteiger partial charge in [0, 0.05) is 0 Å². The summed E-state index contributed by atoms with van der Waals surface area (Å²) in [4.78, 5) is 11.0. The van der Waals surface area contributed by atoms with Gasteiger partial charge in [0.1, 0.15) is 11.9 Å². The molecule has 0 aliphatic carbocycles. The first-order valence-corrected chi connectivity index (χ1v) is 5.88. The molecule has 2 atom stereocenters. The fraction of sp³-hybridized carbons (Fsp3) is 0.462. The monoisotopic (exact) mass is 308 g/mol. The molecule has 2 unspecified atom stereocenters. The number of hydrogen-bond acceptors (Lipinski definition) is 5. The molecule has 0 spiro atoms. The van der Waals surface area contributed by atoms with E-state index in [0.29, 0.717) is 6.07 Å². The molecule has 21 heavy (non-hydrogen) atoms. The Morgan fingerprint density at radius 1 is 1.24 bits per heavy atom. The van der Waals surface area contributed by atoms with E-state index in [0.717, 1.165) is 19.2 Å². The van der Waals surface area contributed by atoms with Gasteiger partial charge in [0.25, 0.3) is 0 Å². The maximum Gasteiger partial charge on any atom is 0.416 e. The number of alkyl halides is 3. The van der Waals surface area contributed by atoms with E-state index in [4.69, 9.17) is 4.74 Å². The number of halogens is 3. The van der Waals surface area contributed by atoms with Gasteiger partial charge in [-0.15, -0.1) is 0 Å². The van der Waals surface area contributed by atoms with E-state index in [9.17, 15) is 28.2 Å². The zero-order valence-corrected chi connectivity index (χ0v) is 11.3. The van der Waals surface area contributed by atoms with E-state index in [1.54, 1.807) is 0 Å². The molecule has 0 aromatic heterocycles. The minimum Gasteiger partial charge on any atom is -0.497 e. The van der Waals surface area contributed by atoms with Gasteiger partial charge in [0.05, 0.1) is 32.3 Å². The molecular formula is C13H15F3O5. The first-order valence-electron chi connectivity index (χ1n) is 5.88. The summed E-state index contributed by atoms with van der Waals surface area (Å²) in [5.41, 5.74) is -1.24. The van der Waals surface area contributed by atoms with Crippen molar-refractivity contribution in [3.63, 3.8) is 0 Å². The van der Waals surface area contributed by atoms with Crippen LogP contribution < -0.4 is 4.74 Å². The number of esters is 1. The second-order valence-electron chi connectivity index (χ2n) is 4.29. The number of aliphatic hydroxyl groups excluding tert-OH is 2. The number of ether oxygens (including phenoxy) is 2. The molecule has 118 valence electrons. The first-order chi connectivity index (χ1) is 9.68. The van der Waals surface area contributed by atoms with Crippen LogP contribution in [0.25, 0.3) is 0 Å². The number of hydrogen-bond donors (Lipinski definition) is 2. The Kier molecular flexibility index (Phi) is 5.56. The zero-order chi connectivity index (χ0) is 16.2. The molecule has 0 amide bonds. The summed E-state index contributed by atoms with van der Waals surface area (Å²) >= 11 is 0. The minimum atomic E-state index is -4.63. The molecule has 0 heterocycles. The van der Waals surface area contributed by atoms with Gasteiger partial charge in [-0.2, -0.15) is 13.2 Å². The third-order valence-corrected chi connectivity index (χ3v) is 2.80. The predicted octanol–water partition coefficient (Wildman–Crippen LogP) is 1.67. The Bertz CT molecular complexity index is 501. The number of aliphatic hydroxyl groups is 2. The van der Waals surface area contributed by atoms with Crippen LogP contribution in [-0.4, -0.2) is 36.5 Å². The Hall–Kier alpha value is -1.80. The Morgan fingerprint density at radius 3 is 2.33 bits per heavy atom. The van der Waals surface area contributed by atoms with Crippen molar-refractivity contribution < 1.29 is 37.7 Å². The van der Waals surface area contributed by atoms with Crippen LogP contribution in [0.4, 0.5) is 13.2 Å². The van der Waals surface area contributed by atoms with Gasteiger partial charge in [0.15, 0.2) is 0 Å². The standard InChI is InChI=1S/C13H15F3O5/c1-20-9-4-7(3-8(5-9)13(14,15)16)12(19)10(17)6-11(18)21-2/h3-5,10,12,17,19H,6H2,1-2H3. The van der Waals surface area contributed by atoms with E-state index in [-0.39, 0.29) is 11.3 Å². The first kappa shape index (κ1) is 17.3. The summed E-state index contributed by atoms with van der Waals surface area (Å²) in [6, 6.07) is 2.61. The topological polar surface area (TPSA) is 76.0 Å². The number of methoxy groups -OCH3 is 2. The quantitative estimate of drug-likeness (QED) is 0.809. The van der Waals surface area contributed by atoms with Gasteiger partial charge in [0.2, 0.25) is 0 Å². The summed E-state index contributed by atoms with van der Waals surface area (Å²) < 4.78 is 47.3. The van der Waals surface area contributed by atoms with Crippen LogP contribution in [0, 0.1) is 0 Å². The highest BCUT2D eigenvalue weighted by molar-refractivity contribution is 5.69. The molecule has 0 aliphatic heterocycles. The summed E-state index contributed by atoms with van der Waals surface area (Å²) in [6.07, 6.45) is -8.45. The molecule has 0 radical (unpaired) electrons. The van der Waals surface area contributed by atoms with Crippen molar-refractivity contribution in [2.24, 2.45) is 0 Å². The summed E-state index contributed by atoms with van der Waals surface area (Å²) in [6.45, 7) is 0. The maximum absolute atomic E-state index is 12.7. The lowest BCUT2D eigenvalue weighted by molar-refractivity contribution is -0.145. The average molecular weight is 308 g/mol. The van der Waals surface area contributed by atoms with Crippen LogP contribution in [0.2, 0.25) is 0 Å².